The fourth-order valence-corrected chi connectivity index (χ4v) is 3.14. The van der Waals surface area contributed by atoms with E-state index in [0.717, 1.165) is 0 Å². The van der Waals surface area contributed by atoms with Crippen LogP contribution >= 0.6 is 0 Å². The van der Waals surface area contributed by atoms with Crippen molar-refractivity contribution in [3.63, 3.8) is 0 Å². The molecule has 2 N–H and O–H groups in total. The van der Waals surface area contributed by atoms with Crippen LogP contribution in [0.3, 0.4) is 0 Å². The minimum absolute atomic E-state index is 0.182. The standard InChI is InChI=1S/C22H26N6O3/c1-14(2)12-20(29)24-21(16-8-6-5-7-9-16)22(30)23-17-10-11-19(31-4)18(13-17)28-15(3)25-26-27-28/h5-11,13-14,21H,12H2,1-4H3,(H,23,30)(H,24,29). The molecule has 0 bridgehead atoms. The Labute approximate surface area is 180 Å². The first kappa shape index (κ1) is 21.9. The first-order valence-electron chi connectivity index (χ1n) is 9.97. The Kier molecular flexibility index (Phi) is 6.96. The Morgan fingerprint density at radius 2 is 1.87 bits per heavy atom. The molecule has 0 aliphatic rings. The molecule has 1 heterocycles. The van der Waals surface area contributed by atoms with Crippen LogP contribution in [0, 0.1) is 12.8 Å². The summed E-state index contributed by atoms with van der Waals surface area (Å²) in [5.41, 5.74) is 1.81. The molecule has 1 aromatic heterocycles. The SMILES string of the molecule is COc1ccc(NC(=O)C(NC(=O)CC(C)C)c2ccccc2)cc1-n1nnnc1C. The van der Waals surface area contributed by atoms with Crippen LogP contribution in [0.25, 0.3) is 5.69 Å². The average molecular weight is 422 g/mol. The normalized spacial score (nSPS) is 11.8. The van der Waals surface area contributed by atoms with E-state index in [1.54, 1.807) is 32.2 Å². The number of nitrogens with one attached hydrogen (secondary N) is 2. The van der Waals surface area contributed by atoms with Crippen molar-refractivity contribution in [3.8, 4) is 11.4 Å². The van der Waals surface area contributed by atoms with Gasteiger partial charge in [0.1, 0.15) is 17.5 Å². The van der Waals surface area contributed by atoms with Crippen LogP contribution in [0.5, 0.6) is 5.75 Å². The van der Waals surface area contributed by atoms with E-state index in [1.165, 1.54) is 4.68 Å². The number of hydrogen-bond donors (Lipinski definition) is 2. The van der Waals surface area contributed by atoms with Crippen molar-refractivity contribution in [2.45, 2.75) is 33.2 Å². The van der Waals surface area contributed by atoms with Gasteiger partial charge in [0.15, 0.2) is 5.82 Å². The molecule has 1 atom stereocenters. The zero-order valence-corrected chi connectivity index (χ0v) is 18.0. The van der Waals surface area contributed by atoms with Gasteiger partial charge in [0.25, 0.3) is 5.91 Å². The fraction of sp³-hybridized carbons (Fsp3) is 0.318. The summed E-state index contributed by atoms with van der Waals surface area (Å²) in [6, 6.07) is 13.5. The first-order chi connectivity index (χ1) is 14.9. The number of hydrogen-bond acceptors (Lipinski definition) is 6. The zero-order chi connectivity index (χ0) is 22.4. The van der Waals surface area contributed by atoms with Gasteiger partial charge >= 0.3 is 0 Å². The number of carbonyl (C=O) groups is 2. The number of carbonyl (C=O) groups excluding carboxylic acids is 2. The van der Waals surface area contributed by atoms with Crippen LogP contribution in [-0.4, -0.2) is 39.1 Å². The predicted molar refractivity (Wildman–Crippen MR) is 116 cm³/mol. The smallest absolute Gasteiger partial charge is 0.251 e. The van der Waals surface area contributed by atoms with Crippen LogP contribution in [0.2, 0.25) is 0 Å². The molecule has 1 unspecified atom stereocenters. The van der Waals surface area contributed by atoms with E-state index < -0.39 is 6.04 Å². The molecule has 0 aliphatic carbocycles. The minimum Gasteiger partial charge on any atom is -0.494 e. The fourth-order valence-electron chi connectivity index (χ4n) is 3.14. The Balaban J connectivity index is 1.87. The van der Waals surface area contributed by atoms with Crippen molar-refractivity contribution in [2.75, 3.05) is 12.4 Å². The predicted octanol–water partition coefficient (Wildman–Crippen LogP) is 2.82. The molecule has 0 radical (unpaired) electrons. The van der Waals surface area contributed by atoms with Crippen LogP contribution in [0.1, 0.15) is 37.7 Å². The van der Waals surface area contributed by atoms with Gasteiger partial charge in [0, 0.05) is 12.1 Å². The molecule has 31 heavy (non-hydrogen) atoms. The third-order valence-corrected chi connectivity index (χ3v) is 4.59. The van der Waals surface area contributed by atoms with Crippen molar-refractivity contribution in [3.05, 3.63) is 59.9 Å². The summed E-state index contributed by atoms with van der Waals surface area (Å²) in [5, 5.41) is 17.3. The highest BCUT2D eigenvalue weighted by Gasteiger charge is 2.23. The lowest BCUT2D eigenvalue weighted by Gasteiger charge is -2.20. The molecule has 162 valence electrons. The number of rotatable bonds is 8. The summed E-state index contributed by atoms with van der Waals surface area (Å²) >= 11 is 0. The summed E-state index contributed by atoms with van der Waals surface area (Å²) in [6.45, 7) is 5.68. The molecule has 2 aromatic carbocycles. The van der Waals surface area contributed by atoms with E-state index in [1.807, 2.05) is 44.2 Å². The van der Waals surface area contributed by atoms with Gasteiger partial charge < -0.3 is 15.4 Å². The third kappa shape index (κ3) is 5.44. The largest absolute Gasteiger partial charge is 0.494 e. The summed E-state index contributed by atoms with van der Waals surface area (Å²) in [5.74, 6) is 0.776. The van der Waals surface area contributed by atoms with Crippen LogP contribution in [0.15, 0.2) is 48.5 Å². The highest BCUT2D eigenvalue weighted by Crippen LogP contribution is 2.27. The minimum atomic E-state index is -0.826. The lowest BCUT2D eigenvalue weighted by molar-refractivity contribution is -0.127. The molecule has 2 amide bonds. The Morgan fingerprint density at radius 1 is 1.13 bits per heavy atom. The van der Waals surface area contributed by atoms with Crippen molar-refractivity contribution in [1.29, 1.82) is 0 Å². The molecule has 0 spiro atoms. The number of tetrazole rings is 1. The highest BCUT2D eigenvalue weighted by atomic mass is 16.5. The van der Waals surface area contributed by atoms with Gasteiger partial charge in [-0.25, -0.2) is 0 Å². The van der Waals surface area contributed by atoms with Gasteiger partial charge in [0.05, 0.1) is 7.11 Å². The Morgan fingerprint density at radius 3 is 2.48 bits per heavy atom. The van der Waals surface area contributed by atoms with Gasteiger partial charge in [-0.15, -0.1) is 5.10 Å². The number of methoxy groups -OCH3 is 1. The van der Waals surface area contributed by atoms with Crippen molar-refractivity contribution in [2.24, 2.45) is 5.92 Å². The molecular formula is C22H26N6O3. The van der Waals surface area contributed by atoms with Crippen molar-refractivity contribution >= 4 is 17.5 Å². The number of aromatic nitrogens is 4. The summed E-state index contributed by atoms with van der Waals surface area (Å²) in [4.78, 5) is 25.5. The number of benzene rings is 2. The molecule has 0 aliphatic heterocycles. The molecule has 9 heteroatoms. The quantitative estimate of drug-likeness (QED) is 0.577. The molecule has 3 aromatic rings. The van der Waals surface area contributed by atoms with Crippen molar-refractivity contribution < 1.29 is 14.3 Å². The van der Waals surface area contributed by atoms with E-state index in [-0.39, 0.29) is 17.7 Å². The molecular weight excluding hydrogens is 396 g/mol. The lowest BCUT2D eigenvalue weighted by atomic mass is 10.0. The van der Waals surface area contributed by atoms with Gasteiger partial charge in [-0.3, -0.25) is 9.59 Å². The summed E-state index contributed by atoms with van der Waals surface area (Å²) in [6.07, 6.45) is 0.335. The zero-order valence-electron chi connectivity index (χ0n) is 18.0. The number of aryl methyl sites for hydroxylation is 1. The first-order valence-corrected chi connectivity index (χ1v) is 9.97. The maximum Gasteiger partial charge on any atom is 0.251 e. The number of amides is 2. The molecule has 0 saturated heterocycles. The van der Waals surface area contributed by atoms with E-state index >= 15 is 0 Å². The van der Waals surface area contributed by atoms with Crippen LogP contribution in [0.4, 0.5) is 5.69 Å². The van der Waals surface area contributed by atoms with E-state index in [2.05, 4.69) is 26.2 Å². The maximum atomic E-state index is 13.1. The molecule has 0 saturated carbocycles. The second-order valence-corrected chi connectivity index (χ2v) is 7.52. The topological polar surface area (TPSA) is 111 Å². The van der Waals surface area contributed by atoms with Crippen LogP contribution in [-0.2, 0) is 9.59 Å². The Hall–Kier alpha value is -3.75. The van der Waals surface area contributed by atoms with E-state index in [4.69, 9.17) is 4.74 Å². The van der Waals surface area contributed by atoms with Gasteiger partial charge in [-0.05, 0) is 47.0 Å². The van der Waals surface area contributed by atoms with Gasteiger partial charge in [0.2, 0.25) is 5.91 Å². The van der Waals surface area contributed by atoms with Gasteiger partial charge in [-0.1, -0.05) is 44.2 Å². The molecule has 9 nitrogen and oxygen atoms in total. The van der Waals surface area contributed by atoms with E-state index in [0.29, 0.717) is 34.9 Å². The van der Waals surface area contributed by atoms with Crippen molar-refractivity contribution in [1.82, 2.24) is 25.5 Å². The number of ether oxygens (including phenoxy) is 1. The second kappa shape index (κ2) is 9.84. The summed E-state index contributed by atoms with van der Waals surface area (Å²) in [7, 11) is 1.55. The Bertz CT molecular complexity index is 1050. The number of nitrogens with zero attached hydrogens (tertiary/aromatic N) is 4. The highest BCUT2D eigenvalue weighted by molar-refractivity contribution is 5.98. The van der Waals surface area contributed by atoms with E-state index in [9.17, 15) is 9.59 Å². The maximum absolute atomic E-state index is 13.1. The average Bonchev–Trinajstić information content (AvgIpc) is 3.17. The third-order valence-electron chi connectivity index (χ3n) is 4.59. The van der Waals surface area contributed by atoms with Crippen LogP contribution < -0.4 is 15.4 Å². The monoisotopic (exact) mass is 422 g/mol. The second-order valence-electron chi connectivity index (χ2n) is 7.52. The molecule has 0 fully saturated rings. The summed E-state index contributed by atoms with van der Waals surface area (Å²) < 4.78 is 6.93. The van der Waals surface area contributed by atoms with Gasteiger partial charge in [-0.2, -0.15) is 4.68 Å². The number of anilines is 1. The molecule has 3 rings (SSSR count). The lowest BCUT2D eigenvalue weighted by Crippen LogP contribution is -2.37.